The van der Waals surface area contributed by atoms with E-state index in [9.17, 15) is 4.79 Å². The van der Waals surface area contributed by atoms with Gasteiger partial charge in [0.2, 0.25) is 5.91 Å². The number of carbonyl (C=O) groups excluding carboxylic acids is 1. The highest BCUT2D eigenvalue weighted by molar-refractivity contribution is 5.75. The Bertz CT molecular complexity index is 449. The van der Waals surface area contributed by atoms with Crippen LogP contribution in [0.25, 0.3) is 0 Å². The predicted octanol–water partition coefficient (Wildman–Crippen LogP) is 1.92. The molecule has 110 valence electrons. The van der Waals surface area contributed by atoms with E-state index >= 15 is 0 Å². The molecule has 1 saturated heterocycles. The minimum Gasteiger partial charge on any atom is -0.356 e. The Morgan fingerprint density at radius 2 is 2.35 bits per heavy atom. The first-order valence-corrected chi connectivity index (χ1v) is 7.49. The molecule has 0 aromatic carbocycles. The number of amides is 1. The fourth-order valence-electron chi connectivity index (χ4n) is 2.62. The lowest BCUT2D eigenvalue weighted by molar-refractivity contribution is -0.121. The molecule has 2 rings (SSSR count). The van der Waals surface area contributed by atoms with E-state index in [1.807, 2.05) is 20.0 Å². The Morgan fingerprint density at radius 3 is 3.10 bits per heavy atom. The second-order valence-corrected chi connectivity index (χ2v) is 5.53. The number of carbonyl (C=O) groups is 1. The largest absolute Gasteiger partial charge is 0.356 e. The molecular weight excluding hydrogens is 252 g/mol. The summed E-state index contributed by atoms with van der Waals surface area (Å²) in [6.07, 6.45) is 7.44. The summed E-state index contributed by atoms with van der Waals surface area (Å²) in [6.45, 7) is 6.73. The number of nitrogens with one attached hydrogen (secondary N) is 1. The van der Waals surface area contributed by atoms with Gasteiger partial charge in [-0.15, -0.1) is 0 Å². The third-order valence-corrected chi connectivity index (χ3v) is 3.65. The molecule has 0 saturated carbocycles. The number of rotatable bonds is 5. The quantitative estimate of drug-likeness (QED) is 0.892. The van der Waals surface area contributed by atoms with Crippen LogP contribution in [0.5, 0.6) is 0 Å². The van der Waals surface area contributed by atoms with E-state index in [1.54, 1.807) is 6.20 Å². The summed E-state index contributed by atoms with van der Waals surface area (Å²) in [7, 11) is 0. The molecule has 1 aliphatic rings. The van der Waals surface area contributed by atoms with Crippen LogP contribution in [0.3, 0.4) is 0 Å². The third-order valence-electron chi connectivity index (χ3n) is 3.65. The first-order valence-electron chi connectivity index (χ1n) is 7.49. The standard InChI is InChI=1S/C15H24N4O/c1-3-5-15(20)17-9-13-6-4-7-19(11-13)14-10-16-8-12(2)18-14/h8,10,13H,3-7,9,11H2,1-2H3,(H,17,20). The number of aromatic nitrogens is 2. The van der Waals surface area contributed by atoms with E-state index in [1.165, 1.54) is 6.42 Å². The van der Waals surface area contributed by atoms with E-state index < -0.39 is 0 Å². The number of hydrogen-bond acceptors (Lipinski definition) is 4. The zero-order valence-electron chi connectivity index (χ0n) is 12.4. The second kappa shape index (κ2) is 7.22. The van der Waals surface area contributed by atoms with Gasteiger partial charge in [-0.2, -0.15) is 0 Å². The lowest BCUT2D eigenvalue weighted by Gasteiger charge is -2.33. The van der Waals surface area contributed by atoms with Gasteiger partial charge >= 0.3 is 0 Å². The zero-order chi connectivity index (χ0) is 14.4. The molecule has 1 fully saturated rings. The van der Waals surface area contributed by atoms with E-state index in [4.69, 9.17) is 0 Å². The Morgan fingerprint density at radius 1 is 1.50 bits per heavy atom. The minimum absolute atomic E-state index is 0.167. The van der Waals surface area contributed by atoms with Crippen LogP contribution in [-0.2, 0) is 4.79 Å². The van der Waals surface area contributed by atoms with Crippen LogP contribution in [0.4, 0.5) is 5.82 Å². The van der Waals surface area contributed by atoms with Crippen LogP contribution in [0, 0.1) is 12.8 Å². The van der Waals surface area contributed by atoms with Gasteiger partial charge in [0, 0.05) is 32.3 Å². The molecule has 1 atom stereocenters. The van der Waals surface area contributed by atoms with Crippen LogP contribution in [0.1, 0.15) is 38.3 Å². The van der Waals surface area contributed by atoms with Crippen molar-refractivity contribution < 1.29 is 4.79 Å². The van der Waals surface area contributed by atoms with Crippen molar-refractivity contribution >= 4 is 11.7 Å². The van der Waals surface area contributed by atoms with Crippen molar-refractivity contribution in [2.45, 2.75) is 39.5 Å². The molecule has 5 heteroatoms. The summed E-state index contributed by atoms with van der Waals surface area (Å²) in [5, 5.41) is 3.04. The predicted molar refractivity (Wildman–Crippen MR) is 79.6 cm³/mol. The van der Waals surface area contributed by atoms with Crippen LogP contribution in [0.15, 0.2) is 12.4 Å². The number of nitrogens with zero attached hydrogens (tertiary/aromatic N) is 3. The lowest BCUT2D eigenvalue weighted by atomic mass is 9.98. The van der Waals surface area contributed by atoms with Gasteiger partial charge in [-0.25, -0.2) is 4.98 Å². The van der Waals surface area contributed by atoms with Crippen molar-refractivity contribution in [3.8, 4) is 0 Å². The molecule has 0 bridgehead atoms. The highest BCUT2D eigenvalue weighted by Crippen LogP contribution is 2.20. The molecule has 1 amide bonds. The van der Waals surface area contributed by atoms with Gasteiger partial charge in [0.1, 0.15) is 5.82 Å². The molecule has 1 N–H and O–H groups in total. The van der Waals surface area contributed by atoms with Crippen LogP contribution < -0.4 is 10.2 Å². The summed E-state index contributed by atoms with van der Waals surface area (Å²) in [6, 6.07) is 0. The summed E-state index contributed by atoms with van der Waals surface area (Å²) in [5.41, 5.74) is 0.945. The molecule has 0 radical (unpaired) electrons. The molecule has 1 aromatic heterocycles. The third kappa shape index (κ3) is 4.18. The molecule has 1 aliphatic heterocycles. The van der Waals surface area contributed by atoms with Gasteiger partial charge in [0.25, 0.3) is 0 Å². The topological polar surface area (TPSA) is 58.1 Å². The normalized spacial score (nSPS) is 18.9. The summed E-state index contributed by atoms with van der Waals surface area (Å²) in [5.74, 6) is 1.63. The first kappa shape index (κ1) is 14.8. The maximum atomic E-state index is 11.5. The molecule has 0 spiro atoms. The molecule has 1 aromatic rings. The van der Waals surface area contributed by atoms with Crippen molar-refractivity contribution in [2.24, 2.45) is 5.92 Å². The summed E-state index contributed by atoms with van der Waals surface area (Å²) >= 11 is 0. The average Bonchev–Trinajstić information content (AvgIpc) is 2.46. The SMILES string of the molecule is CCCC(=O)NCC1CCCN(c2cncc(C)n2)C1. The van der Waals surface area contributed by atoms with Gasteiger partial charge in [-0.05, 0) is 32.1 Å². The Balaban J connectivity index is 1.87. The summed E-state index contributed by atoms with van der Waals surface area (Å²) < 4.78 is 0. The van der Waals surface area contributed by atoms with Crippen LogP contribution in [-0.4, -0.2) is 35.5 Å². The van der Waals surface area contributed by atoms with E-state index in [2.05, 4.69) is 20.2 Å². The molecule has 0 aliphatic carbocycles. The second-order valence-electron chi connectivity index (χ2n) is 5.53. The molecular formula is C15H24N4O. The maximum Gasteiger partial charge on any atom is 0.219 e. The molecule has 2 heterocycles. The highest BCUT2D eigenvalue weighted by atomic mass is 16.1. The number of anilines is 1. The van der Waals surface area contributed by atoms with Crippen molar-refractivity contribution in [3.63, 3.8) is 0 Å². The number of hydrogen-bond donors (Lipinski definition) is 1. The van der Waals surface area contributed by atoms with Gasteiger partial charge in [0.05, 0.1) is 11.9 Å². The monoisotopic (exact) mass is 276 g/mol. The Kier molecular flexibility index (Phi) is 5.32. The van der Waals surface area contributed by atoms with Crippen LogP contribution >= 0.6 is 0 Å². The zero-order valence-corrected chi connectivity index (χ0v) is 12.4. The van der Waals surface area contributed by atoms with E-state index in [-0.39, 0.29) is 5.91 Å². The smallest absolute Gasteiger partial charge is 0.219 e. The molecule has 20 heavy (non-hydrogen) atoms. The minimum atomic E-state index is 0.167. The van der Waals surface area contributed by atoms with Gasteiger partial charge < -0.3 is 10.2 Å². The van der Waals surface area contributed by atoms with Gasteiger partial charge in [0.15, 0.2) is 0 Å². The lowest BCUT2D eigenvalue weighted by Crippen LogP contribution is -2.41. The van der Waals surface area contributed by atoms with Crippen molar-refractivity contribution in [2.75, 3.05) is 24.5 Å². The fraction of sp³-hybridized carbons (Fsp3) is 0.667. The first-order chi connectivity index (χ1) is 9.69. The van der Waals surface area contributed by atoms with Crippen molar-refractivity contribution in [3.05, 3.63) is 18.1 Å². The summed E-state index contributed by atoms with van der Waals surface area (Å²) in [4.78, 5) is 22.6. The number of aryl methyl sites for hydroxylation is 1. The Hall–Kier alpha value is -1.65. The highest BCUT2D eigenvalue weighted by Gasteiger charge is 2.21. The maximum absolute atomic E-state index is 11.5. The Labute approximate surface area is 120 Å². The van der Waals surface area contributed by atoms with Gasteiger partial charge in [-0.3, -0.25) is 9.78 Å². The number of piperidine rings is 1. The molecule has 5 nitrogen and oxygen atoms in total. The van der Waals surface area contributed by atoms with E-state index in [0.29, 0.717) is 12.3 Å². The van der Waals surface area contributed by atoms with Crippen LogP contribution in [0.2, 0.25) is 0 Å². The average molecular weight is 276 g/mol. The fourth-order valence-corrected chi connectivity index (χ4v) is 2.62. The van der Waals surface area contributed by atoms with Gasteiger partial charge in [-0.1, -0.05) is 6.92 Å². The molecule has 1 unspecified atom stereocenters. The van der Waals surface area contributed by atoms with E-state index in [0.717, 1.165) is 44.0 Å². The van der Waals surface area contributed by atoms with Crippen molar-refractivity contribution in [1.82, 2.24) is 15.3 Å². The van der Waals surface area contributed by atoms with Crippen molar-refractivity contribution in [1.29, 1.82) is 0 Å².